The van der Waals surface area contributed by atoms with Crippen LogP contribution in [0.5, 0.6) is 0 Å². The fourth-order valence-corrected chi connectivity index (χ4v) is 2.51. The lowest BCUT2D eigenvalue weighted by molar-refractivity contribution is 0.547. The zero-order chi connectivity index (χ0) is 11.2. The molecule has 2 rings (SSSR count). The van der Waals surface area contributed by atoms with Crippen LogP contribution < -0.4 is 0 Å². The van der Waals surface area contributed by atoms with Crippen LogP contribution >= 0.6 is 15.9 Å². The quantitative estimate of drug-likeness (QED) is 0.672. The maximum atomic E-state index is 3.60. The minimum Gasteiger partial charge on any atom is -0.347 e. The van der Waals surface area contributed by atoms with Crippen LogP contribution in [0.2, 0.25) is 0 Å². The first kappa shape index (κ1) is 10.7. The van der Waals surface area contributed by atoms with Crippen molar-refractivity contribution < 1.29 is 0 Å². The maximum absolute atomic E-state index is 3.60. The van der Waals surface area contributed by atoms with E-state index in [1.807, 2.05) is 0 Å². The van der Waals surface area contributed by atoms with Crippen molar-refractivity contribution in [2.24, 2.45) is 7.05 Å². The molecule has 0 aliphatic rings. The third-order valence-electron chi connectivity index (χ3n) is 2.80. The van der Waals surface area contributed by atoms with Gasteiger partial charge in [0.25, 0.3) is 0 Å². The molecule has 1 heterocycles. The molecule has 0 fully saturated rings. The largest absolute Gasteiger partial charge is 0.347 e. The molecule has 2 aromatic rings. The monoisotopic (exact) mass is 265 g/mol. The van der Waals surface area contributed by atoms with Gasteiger partial charge >= 0.3 is 0 Å². The van der Waals surface area contributed by atoms with Gasteiger partial charge in [0.2, 0.25) is 0 Å². The summed E-state index contributed by atoms with van der Waals surface area (Å²) in [6.07, 6.45) is 0. The highest BCUT2D eigenvalue weighted by atomic mass is 79.9. The summed E-state index contributed by atoms with van der Waals surface area (Å²) in [6, 6.07) is 8.61. The van der Waals surface area contributed by atoms with Gasteiger partial charge in [-0.1, -0.05) is 42.8 Å². The predicted octanol–water partition coefficient (Wildman–Crippen LogP) is 4.24. The summed E-state index contributed by atoms with van der Waals surface area (Å²) in [5.74, 6) is 0. The van der Waals surface area contributed by atoms with Gasteiger partial charge in [-0.15, -0.1) is 0 Å². The molecule has 0 saturated carbocycles. The number of benzene rings is 1. The van der Waals surface area contributed by atoms with E-state index >= 15 is 0 Å². The van der Waals surface area contributed by atoms with Crippen molar-refractivity contribution in [1.29, 1.82) is 0 Å². The van der Waals surface area contributed by atoms with E-state index in [-0.39, 0.29) is 5.41 Å². The van der Waals surface area contributed by atoms with Gasteiger partial charge in [0.15, 0.2) is 0 Å². The van der Waals surface area contributed by atoms with Gasteiger partial charge in [-0.05, 0) is 18.2 Å². The molecule has 0 atom stereocenters. The molecule has 1 aromatic heterocycles. The van der Waals surface area contributed by atoms with Crippen molar-refractivity contribution >= 4 is 26.8 Å². The van der Waals surface area contributed by atoms with Crippen LogP contribution in [-0.4, -0.2) is 4.57 Å². The zero-order valence-corrected chi connectivity index (χ0v) is 11.2. The first-order valence-corrected chi connectivity index (χ1v) is 5.95. The average molecular weight is 266 g/mol. The fourth-order valence-electron chi connectivity index (χ4n) is 2.04. The second-order valence-electron chi connectivity index (χ2n) is 5.01. The van der Waals surface area contributed by atoms with Gasteiger partial charge in [-0.3, -0.25) is 0 Å². The predicted molar refractivity (Wildman–Crippen MR) is 69.3 cm³/mol. The highest BCUT2D eigenvalue weighted by Gasteiger charge is 2.19. The van der Waals surface area contributed by atoms with Crippen LogP contribution in [0.15, 0.2) is 28.7 Å². The highest BCUT2D eigenvalue weighted by Crippen LogP contribution is 2.32. The number of hydrogen-bond donors (Lipinski definition) is 0. The number of hydrogen-bond acceptors (Lipinski definition) is 0. The molecule has 0 aliphatic carbocycles. The van der Waals surface area contributed by atoms with E-state index in [2.05, 4.69) is 72.6 Å². The van der Waals surface area contributed by atoms with Gasteiger partial charge < -0.3 is 4.57 Å². The molecule has 0 N–H and O–H groups in total. The molecular weight excluding hydrogens is 250 g/mol. The van der Waals surface area contributed by atoms with E-state index < -0.39 is 0 Å². The van der Waals surface area contributed by atoms with Crippen molar-refractivity contribution in [2.75, 3.05) is 0 Å². The van der Waals surface area contributed by atoms with Gasteiger partial charge in [0.05, 0.1) is 0 Å². The van der Waals surface area contributed by atoms with Crippen molar-refractivity contribution in [3.63, 3.8) is 0 Å². The smallest absolute Gasteiger partial charge is 0.0491 e. The summed E-state index contributed by atoms with van der Waals surface area (Å²) >= 11 is 3.60. The Labute approximate surface area is 99.2 Å². The average Bonchev–Trinajstić information content (AvgIpc) is 2.45. The molecule has 1 nitrogen and oxygen atoms in total. The van der Waals surface area contributed by atoms with Gasteiger partial charge in [-0.2, -0.15) is 0 Å². The third-order valence-corrected chi connectivity index (χ3v) is 3.49. The van der Waals surface area contributed by atoms with Crippen LogP contribution in [0, 0.1) is 0 Å². The molecular formula is C13H16BrN. The number of fused-ring (bicyclic) bond motifs is 1. The molecule has 0 saturated heterocycles. The first-order chi connectivity index (χ1) is 6.91. The Kier molecular flexibility index (Phi) is 2.42. The molecule has 2 heteroatoms. The summed E-state index contributed by atoms with van der Waals surface area (Å²) in [6.45, 7) is 6.74. The Morgan fingerprint density at radius 2 is 1.87 bits per heavy atom. The Hall–Kier alpha value is -0.760. The normalized spacial score (nSPS) is 12.3. The SMILES string of the molecule is Cn1c(C(C)(C)C)cc2c(Br)cccc21. The van der Waals surface area contributed by atoms with Crippen LogP contribution in [-0.2, 0) is 12.5 Å². The number of nitrogens with zero attached hydrogens (tertiary/aromatic N) is 1. The molecule has 0 radical (unpaired) electrons. The second kappa shape index (κ2) is 3.38. The van der Waals surface area contributed by atoms with Crippen LogP contribution in [0.4, 0.5) is 0 Å². The fraction of sp³-hybridized carbons (Fsp3) is 0.385. The number of rotatable bonds is 0. The van der Waals surface area contributed by atoms with Crippen molar-refractivity contribution in [1.82, 2.24) is 4.57 Å². The minimum atomic E-state index is 0.188. The van der Waals surface area contributed by atoms with Gasteiger partial charge in [0.1, 0.15) is 0 Å². The van der Waals surface area contributed by atoms with E-state index in [4.69, 9.17) is 0 Å². The van der Waals surface area contributed by atoms with Crippen molar-refractivity contribution in [2.45, 2.75) is 26.2 Å². The summed E-state index contributed by atoms with van der Waals surface area (Å²) < 4.78 is 3.45. The molecule has 0 bridgehead atoms. The summed E-state index contributed by atoms with van der Waals surface area (Å²) in [5, 5.41) is 1.30. The second-order valence-corrected chi connectivity index (χ2v) is 5.87. The third kappa shape index (κ3) is 1.71. The zero-order valence-electron chi connectivity index (χ0n) is 9.63. The highest BCUT2D eigenvalue weighted by molar-refractivity contribution is 9.10. The Morgan fingerprint density at radius 1 is 1.20 bits per heavy atom. The Morgan fingerprint density at radius 3 is 2.40 bits per heavy atom. The molecule has 80 valence electrons. The Balaban J connectivity index is 2.81. The summed E-state index contributed by atoms with van der Waals surface area (Å²) in [7, 11) is 2.13. The van der Waals surface area contributed by atoms with Crippen molar-refractivity contribution in [3.8, 4) is 0 Å². The van der Waals surface area contributed by atoms with E-state index in [1.54, 1.807) is 0 Å². The van der Waals surface area contributed by atoms with Crippen LogP contribution in [0.3, 0.4) is 0 Å². The van der Waals surface area contributed by atoms with E-state index in [0.29, 0.717) is 0 Å². The standard InChI is InChI=1S/C13H16BrN/c1-13(2,3)12-8-9-10(14)6-5-7-11(9)15(12)4/h5-8H,1-4H3. The van der Waals surface area contributed by atoms with Crippen LogP contribution in [0.1, 0.15) is 26.5 Å². The minimum absolute atomic E-state index is 0.188. The van der Waals surface area contributed by atoms with Crippen molar-refractivity contribution in [3.05, 3.63) is 34.4 Å². The summed E-state index contributed by atoms with van der Waals surface area (Å²) in [4.78, 5) is 0. The molecule has 0 amide bonds. The number of aromatic nitrogens is 1. The molecule has 15 heavy (non-hydrogen) atoms. The maximum Gasteiger partial charge on any atom is 0.0491 e. The lowest BCUT2D eigenvalue weighted by Crippen LogP contribution is -2.15. The van der Waals surface area contributed by atoms with Crippen LogP contribution in [0.25, 0.3) is 10.9 Å². The topological polar surface area (TPSA) is 4.93 Å². The number of halogens is 1. The van der Waals surface area contributed by atoms with E-state index in [0.717, 1.165) is 0 Å². The molecule has 0 spiro atoms. The Bertz CT molecular complexity index is 503. The molecule has 0 unspecified atom stereocenters. The molecule has 1 aromatic carbocycles. The lowest BCUT2D eigenvalue weighted by Gasteiger charge is -2.19. The lowest BCUT2D eigenvalue weighted by atomic mass is 9.92. The number of aryl methyl sites for hydroxylation is 1. The van der Waals surface area contributed by atoms with E-state index in [1.165, 1.54) is 21.1 Å². The first-order valence-electron chi connectivity index (χ1n) is 5.15. The summed E-state index contributed by atoms with van der Waals surface area (Å²) in [5.41, 5.74) is 2.84. The van der Waals surface area contributed by atoms with Gasteiger partial charge in [0, 0.05) is 33.5 Å². The van der Waals surface area contributed by atoms with E-state index in [9.17, 15) is 0 Å². The molecule has 0 aliphatic heterocycles. The van der Waals surface area contributed by atoms with Gasteiger partial charge in [-0.25, -0.2) is 0 Å².